The molecule has 1 aromatic heterocycles. The maximum Gasteiger partial charge on any atom is 0.308 e. The summed E-state index contributed by atoms with van der Waals surface area (Å²) in [6.45, 7) is 6.27. The van der Waals surface area contributed by atoms with E-state index in [1.165, 1.54) is 0 Å². The van der Waals surface area contributed by atoms with Crippen molar-refractivity contribution < 1.29 is 19.2 Å². The summed E-state index contributed by atoms with van der Waals surface area (Å²) in [7, 11) is 0. The molecule has 27 heavy (non-hydrogen) atoms. The van der Waals surface area contributed by atoms with Crippen LogP contribution in [0, 0.1) is 19.8 Å². The molecule has 1 aliphatic rings. The molecule has 1 saturated heterocycles. The fraction of sp³-hybridized carbons (Fsp3) is 0.450. The van der Waals surface area contributed by atoms with Gasteiger partial charge in [-0.1, -0.05) is 35.8 Å². The molecule has 0 aliphatic carbocycles. The van der Waals surface area contributed by atoms with E-state index in [2.05, 4.69) is 5.16 Å². The molecule has 1 aromatic carbocycles. The molecule has 1 aliphatic heterocycles. The van der Waals surface area contributed by atoms with Crippen molar-refractivity contribution in [2.45, 2.75) is 39.0 Å². The molecule has 0 saturated carbocycles. The minimum Gasteiger partial charge on any atom is -0.481 e. The van der Waals surface area contributed by atoms with Gasteiger partial charge in [-0.3, -0.25) is 9.59 Å². The summed E-state index contributed by atoms with van der Waals surface area (Å²) in [6.07, 6.45) is 0.294. The number of halogens is 1. The van der Waals surface area contributed by atoms with Gasteiger partial charge < -0.3 is 14.5 Å². The van der Waals surface area contributed by atoms with E-state index >= 15 is 0 Å². The van der Waals surface area contributed by atoms with E-state index in [0.717, 1.165) is 22.6 Å². The largest absolute Gasteiger partial charge is 0.481 e. The Morgan fingerprint density at radius 1 is 1.30 bits per heavy atom. The van der Waals surface area contributed by atoms with Crippen LogP contribution in [0.3, 0.4) is 0 Å². The van der Waals surface area contributed by atoms with Crippen LogP contribution in [0.15, 0.2) is 28.8 Å². The van der Waals surface area contributed by atoms with E-state index in [9.17, 15) is 14.7 Å². The highest BCUT2D eigenvalue weighted by Crippen LogP contribution is 2.35. The number of benzene rings is 1. The van der Waals surface area contributed by atoms with Crippen LogP contribution in [-0.2, 0) is 9.59 Å². The van der Waals surface area contributed by atoms with Crippen molar-refractivity contribution in [1.82, 2.24) is 10.1 Å². The lowest BCUT2D eigenvalue weighted by molar-refractivity contribution is -0.141. The predicted molar refractivity (Wildman–Crippen MR) is 101 cm³/mol. The minimum absolute atomic E-state index is 0.0402. The number of carbonyl (C=O) groups excluding carboxylic acids is 1. The Labute approximate surface area is 163 Å². The highest BCUT2D eigenvalue weighted by atomic mass is 35.5. The Kier molecular flexibility index (Phi) is 5.56. The van der Waals surface area contributed by atoms with Gasteiger partial charge in [0.05, 0.1) is 11.6 Å². The average Bonchev–Trinajstić information content (AvgIpc) is 3.19. The van der Waals surface area contributed by atoms with Gasteiger partial charge in [0.1, 0.15) is 5.76 Å². The summed E-state index contributed by atoms with van der Waals surface area (Å²) >= 11 is 5.93. The number of rotatable bonds is 5. The third-order valence-corrected chi connectivity index (χ3v) is 5.60. The minimum atomic E-state index is -0.885. The summed E-state index contributed by atoms with van der Waals surface area (Å²) in [5, 5.41) is 14.2. The first kappa shape index (κ1) is 19.4. The predicted octanol–water partition coefficient (Wildman–Crippen LogP) is 3.77. The standard InChI is InChI=1S/C20H23ClN2O4/c1-11(19-12(2)22-27-13(19)3)8-18(24)23-9-16(17(10-23)20(25)26)14-4-6-15(21)7-5-14/h4-7,11,16-17H,8-10H2,1-3H3,(H,25,26)/t11?,16-,17+/m0/s1. The molecule has 1 unspecified atom stereocenters. The van der Waals surface area contributed by atoms with E-state index in [0.29, 0.717) is 18.0 Å². The first-order chi connectivity index (χ1) is 12.8. The van der Waals surface area contributed by atoms with Gasteiger partial charge in [0.25, 0.3) is 0 Å². The number of aliphatic carboxylic acids is 1. The summed E-state index contributed by atoms with van der Waals surface area (Å²) < 4.78 is 5.19. The Bertz CT molecular complexity index is 827. The molecule has 1 N–H and O–H groups in total. The fourth-order valence-electron chi connectivity index (χ4n) is 3.99. The third kappa shape index (κ3) is 4.00. The van der Waals surface area contributed by atoms with E-state index in [-0.39, 0.29) is 24.3 Å². The van der Waals surface area contributed by atoms with Crippen molar-refractivity contribution >= 4 is 23.5 Å². The van der Waals surface area contributed by atoms with E-state index < -0.39 is 11.9 Å². The maximum absolute atomic E-state index is 12.8. The van der Waals surface area contributed by atoms with Crippen LogP contribution in [0.2, 0.25) is 5.02 Å². The molecular weight excluding hydrogens is 368 g/mol. The second-order valence-corrected chi connectivity index (χ2v) is 7.68. The number of carboxylic acid groups (broad SMARTS) is 1. The van der Waals surface area contributed by atoms with Gasteiger partial charge in [-0.2, -0.15) is 0 Å². The number of amides is 1. The normalized spacial score (nSPS) is 20.7. The number of nitrogens with zero attached hydrogens (tertiary/aromatic N) is 2. The Balaban J connectivity index is 1.74. The summed E-state index contributed by atoms with van der Waals surface area (Å²) in [5.74, 6) is -1.12. The number of carboxylic acids is 1. The summed E-state index contributed by atoms with van der Waals surface area (Å²) in [6, 6.07) is 7.17. The first-order valence-electron chi connectivity index (χ1n) is 8.96. The van der Waals surface area contributed by atoms with Crippen LogP contribution in [0.25, 0.3) is 0 Å². The van der Waals surface area contributed by atoms with Crippen molar-refractivity contribution in [3.63, 3.8) is 0 Å². The lowest BCUT2D eigenvalue weighted by atomic mass is 9.89. The molecular formula is C20H23ClN2O4. The van der Waals surface area contributed by atoms with Crippen LogP contribution in [-0.4, -0.2) is 40.1 Å². The third-order valence-electron chi connectivity index (χ3n) is 5.35. The molecule has 6 nitrogen and oxygen atoms in total. The lowest BCUT2D eigenvalue weighted by Gasteiger charge is -2.19. The van der Waals surface area contributed by atoms with E-state index in [1.807, 2.05) is 32.9 Å². The molecule has 7 heteroatoms. The van der Waals surface area contributed by atoms with E-state index in [4.69, 9.17) is 16.1 Å². The van der Waals surface area contributed by atoms with Gasteiger partial charge in [0, 0.05) is 36.0 Å². The summed E-state index contributed by atoms with van der Waals surface area (Å²) in [4.78, 5) is 26.2. The number of likely N-dealkylation sites (tertiary alicyclic amines) is 1. The van der Waals surface area contributed by atoms with Gasteiger partial charge in [0.15, 0.2) is 0 Å². The molecule has 2 aromatic rings. The van der Waals surface area contributed by atoms with Crippen molar-refractivity contribution in [3.8, 4) is 0 Å². The van der Waals surface area contributed by atoms with Gasteiger partial charge in [-0.15, -0.1) is 0 Å². The van der Waals surface area contributed by atoms with Crippen LogP contribution in [0.4, 0.5) is 0 Å². The van der Waals surface area contributed by atoms with Crippen molar-refractivity contribution in [2.75, 3.05) is 13.1 Å². The average molecular weight is 391 g/mol. The molecule has 0 spiro atoms. The number of aromatic nitrogens is 1. The van der Waals surface area contributed by atoms with Gasteiger partial charge in [-0.05, 0) is 37.5 Å². The number of carbonyl (C=O) groups is 2. The second kappa shape index (κ2) is 7.72. The van der Waals surface area contributed by atoms with Crippen LogP contribution in [0.1, 0.15) is 47.8 Å². The second-order valence-electron chi connectivity index (χ2n) is 7.24. The maximum atomic E-state index is 12.8. The summed E-state index contributed by atoms with van der Waals surface area (Å²) in [5.41, 5.74) is 2.63. The number of hydrogen-bond acceptors (Lipinski definition) is 4. The highest BCUT2D eigenvalue weighted by molar-refractivity contribution is 6.30. The first-order valence-corrected chi connectivity index (χ1v) is 9.34. The molecule has 0 radical (unpaired) electrons. The molecule has 1 fully saturated rings. The SMILES string of the molecule is Cc1noc(C)c1C(C)CC(=O)N1C[C@@H](C(=O)O)[C@H](c2ccc(Cl)cc2)C1. The monoisotopic (exact) mass is 390 g/mol. The molecule has 1 amide bonds. The van der Waals surface area contributed by atoms with Crippen LogP contribution in [0.5, 0.6) is 0 Å². The Hall–Kier alpha value is -2.34. The van der Waals surface area contributed by atoms with Gasteiger partial charge >= 0.3 is 5.97 Å². The van der Waals surface area contributed by atoms with Gasteiger partial charge in [-0.25, -0.2) is 0 Å². The molecule has 3 rings (SSSR count). The quantitative estimate of drug-likeness (QED) is 0.840. The molecule has 2 heterocycles. The number of aryl methyl sites for hydroxylation is 2. The topological polar surface area (TPSA) is 83.6 Å². The molecule has 3 atom stereocenters. The number of hydrogen-bond donors (Lipinski definition) is 1. The van der Waals surface area contributed by atoms with Crippen molar-refractivity contribution in [3.05, 3.63) is 51.9 Å². The molecule has 144 valence electrons. The smallest absolute Gasteiger partial charge is 0.308 e. The fourth-order valence-corrected chi connectivity index (χ4v) is 4.12. The van der Waals surface area contributed by atoms with E-state index in [1.54, 1.807) is 17.0 Å². The lowest BCUT2D eigenvalue weighted by Crippen LogP contribution is -2.30. The van der Waals surface area contributed by atoms with Crippen molar-refractivity contribution in [2.24, 2.45) is 5.92 Å². The highest BCUT2D eigenvalue weighted by Gasteiger charge is 2.40. The Morgan fingerprint density at radius 3 is 2.52 bits per heavy atom. The van der Waals surface area contributed by atoms with Crippen LogP contribution >= 0.6 is 11.6 Å². The zero-order valence-electron chi connectivity index (χ0n) is 15.6. The zero-order chi connectivity index (χ0) is 19.7. The van der Waals surface area contributed by atoms with Gasteiger partial charge in [0.2, 0.25) is 5.91 Å². The zero-order valence-corrected chi connectivity index (χ0v) is 16.4. The van der Waals surface area contributed by atoms with Crippen LogP contribution < -0.4 is 0 Å². The Morgan fingerprint density at radius 2 is 1.96 bits per heavy atom. The van der Waals surface area contributed by atoms with Crippen molar-refractivity contribution in [1.29, 1.82) is 0 Å². The molecule has 0 bridgehead atoms.